The number of ether oxygens (including phenoxy) is 1. The molecule has 1 saturated heterocycles. The fourth-order valence-corrected chi connectivity index (χ4v) is 3.89. The molecule has 5 rings (SSSR count). The smallest absolute Gasteiger partial charge is 0.132 e. The molecule has 2 aromatic carbocycles. The summed E-state index contributed by atoms with van der Waals surface area (Å²) in [5.41, 5.74) is 3.94. The lowest BCUT2D eigenvalue weighted by Gasteiger charge is -2.32. The predicted molar refractivity (Wildman–Crippen MR) is 113 cm³/mol. The molecule has 0 aliphatic carbocycles. The average molecular weight is 400 g/mol. The highest BCUT2D eigenvalue weighted by Crippen LogP contribution is 2.26. The third-order valence-electron chi connectivity index (χ3n) is 5.42. The molecule has 1 fully saturated rings. The molecule has 0 radical (unpaired) electrons. The van der Waals surface area contributed by atoms with E-state index in [1.165, 1.54) is 17.0 Å². The van der Waals surface area contributed by atoms with Crippen LogP contribution in [0.1, 0.15) is 17.4 Å². The van der Waals surface area contributed by atoms with Gasteiger partial charge in [0.2, 0.25) is 0 Å². The Kier molecular flexibility index (Phi) is 5.17. The number of fused-ring (bicyclic) bond motifs is 1. The molecule has 1 aliphatic rings. The Hall–Kier alpha value is -3.22. The van der Waals surface area contributed by atoms with Crippen LogP contribution in [0.3, 0.4) is 0 Å². The lowest BCUT2D eigenvalue weighted by atomic mass is 10.1. The first kappa shape index (κ1) is 18.8. The fourth-order valence-electron chi connectivity index (χ4n) is 3.89. The Morgan fingerprint density at radius 1 is 1.03 bits per heavy atom. The standard InChI is InChI=1S/C24H21FN4O/c25-20-7-3-1-6-19(20)22-13-26-14-23(28-22)24-16-29(11-12-30-24)15-17-9-10-27-21-8-4-2-5-18(17)21/h1-10,13-14,24H,11-12,15-16H2/t24-/m0/s1. The Morgan fingerprint density at radius 3 is 2.83 bits per heavy atom. The molecule has 0 unspecified atom stereocenters. The summed E-state index contributed by atoms with van der Waals surface area (Å²) >= 11 is 0. The topological polar surface area (TPSA) is 51.1 Å². The lowest BCUT2D eigenvalue weighted by molar-refractivity contribution is -0.0350. The Balaban J connectivity index is 1.37. The highest BCUT2D eigenvalue weighted by Gasteiger charge is 2.24. The largest absolute Gasteiger partial charge is 0.369 e. The minimum atomic E-state index is -0.306. The summed E-state index contributed by atoms with van der Waals surface area (Å²) in [5.74, 6) is -0.306. The van der Waals surface area contributed by atoms with Gasteiger partial charge in [-0.3, -0.25) is 14.9 Å². The molecule has 6 heteroatoms. The van der Waals surface area contributed by atoms with Crippen molar-refractivity contribution in [2.45, 2.75) is 12.6 Å². The molecule has 0 spiro atoms. The van der Waals surface area contributed by atoms with Crippen molar-refractivity contribution in [2.24, 2.45) is 0 Å². The van der Waals surface area contributed by atoms with Gasteiger partial charge >= 0.3 is 0 Å². The van der Waals surface area contributed by atoms with Crippen molar-refractivity contribution in [3.8, 4) is 11.3 Å². The number of hydrogen-bond acceptors (Lipinski definition) is 5. The summed E-state index contributed by atoms with van der Waals surface area (Å²) in [6.45, 7) is 2.96. The van der Waals surface area contributed by atoms with Crippen molar-refractivity contribution in [3.63, 3.8) is 0 Å². The van der Waals surface area contributed by atoms with Crippen LogP contribution < -0.4 is 0 Å². The maximum Gasteiger partial charge on any atom is 0.132 e. The summed E-state index contributed by atoms with van der Waals surface area (Å²) in [5, 5.41) is 1.17. The van der Waals surface area contributed by atoms with Crippen LogP contribution in [0.2, 0.25) is 0 Å². The molecular formula is C24H21FN4O. The van der Waals surface area contributed by atoms with Crippen LogP contribution in [-0.2, 0) is 11.3 Å². The Labute approximate surface area is 174 Å². The number of hydrogen-bond donors (Lipinski definition) is 0. The van der Waals surface area contributed by atoms with Gasteiger partial charge in [-0.05, 0) is 29.8 Å². The number of nitrogens with zero attached hydrogens (tertiary/aromatic N) is 4. The number of aromatic nitrogens is 3. The maximum atomic E-state index is 14.2. The fraction of sp³-hybridized carbons (Fsp3) is 0.208. The van der Waals surface area contributed by atoms with Crippen LogP contribution in [0.25, 0.3) is 22.2 Å². The van der Waals surface area contributed by atoms with Gasteiger partial charge in [-0.25, -0.2) is 9.37 Å². The van der Waals surface area contributed by atoms with Crippen LogP contribution in [0, 0.1) is 5.82 Å². The third kappa shape index (κ3) is 3.79. The summed E-state index contributed by atoms with van der Waals surface area (Å²) < 4.78 is 20.2. The van der Waals surface area contributed by atoms with Crippen molar-refractivity contribution in [1.82, 2.24) is 19.9 Å². The average Bonchev–Trinajstić information content (AvgIpc) is 2.80. The van der Waals surface area contributed by atoms with Gasteiger partial charge in [0.15, 0.2) is 0 Å². The van der Waals surface area contributed by atoms with Crippen molar-refractivity contribution < 1.29 is 9.13 Å². The highest BCUT2D eigenvalue weighted by molar-refractivity contribution is 5.81. The van der Waals surface area contributed by atoms with E-state index in [4.69, 9.17) is 4.74 Å². The van der Waals surface area contributed by atoms with Gasteiger partial charge in [-0.2, -0.15) is 0 Å². The molecule has 0 N–H and O–H groups in total. The number of halogens is 1. The van der Waals surface area contributed by atoms with Gasteiger partial charge in [0.25, 0.3) is 0 Å². The molecule has 4 aromatic rings. The van der Waals surface area contributed by atoms with E-state index in [1.54, 1.807) is 30.6 Å². The SMILES string of the molecule is Fc1ccccc1-c1cncc([C@@H]2CN(Cc3ccnc4ccccc34)CCO2)n1. The van der Waals surface area contributed by atoms with E-state index in [2.05, 4.69) is 32.0 Å². The van der Waals surface area contributed by atoms with Crippen LogP contribution in [0.4, 0.5) is 4.39 Å². The summed E-state index contributed by atoms with van der Waals surface area (Å²) in [6, 6.07) is 16.9. The van der Waals surface area contributed by atoms with Crippen molar-refractivity contribution in [1.29, 1.82) is 0 Å². The molecule has 30 heavy (non-hydrogen) atoms. The molecule has 2 aromatic heterocycles. The molecule has 1 aliphatic heterocycles. The minimum Gasteiger partial charge on any atom is -0.369 e. The molecular weight excluding hydrogens is 379 g/mol. The number of rotatable bonds is 4. The van der Waals surface area contributed by atoms with Crippen molar-refractivity contribution >= 4 is 10.9 Å². The third-order valence-corrected chi connectivity index (χ3v) is 5.42. The van der Waals surface area contributed by atoms with E-state index in [9.17, 15) is 4.39 Å². The van der Waals surface area contributed by atoms with Gasteiger partial charge in [0.1, 0.15) is 11.9 Å². The van der Waals surface area contributed by atoms with Crippen LogP contribution >= 0.6 is 0 Å². The van der Waals surface area contributed by atoms with Crippen LogP contribution in [0.5, 0.6) is 0 Å². The van der Waals surface area contributed by atoms with Gasteiger partial charge < -0.3 is 4.74 Å². The number of pyridine rings is 1. The highest BCUT2D eigenvalue weighted by atomic mass is 19.1. The molecule has 1 atom stereocenters. The van der Waals surface area contributed by atoms with Gasteiger partial charge in [0, 0.05) is 36.8 Å². The minimum absolute atomic E-state index is 0.203. The summed E-state index contributed by atoms with van der Waals surface area (Å²) in [7, 11) is 0. The van der Waals surface area contributed by atoms with Gasteiger partial charge in [0.05, 0.1) is 35.9 Å². The van der Waals surface area contributed by atoms with Crippen LogP contribution in [0.15, 0.2) is 73.2 Å². The second-order valence-corrected chi connectivity index (χ2v) is 7.39. The maximum absolute atomic E-state index is 14.2. The van der Waals surface area contributed by atoms with E-state index >= 15 is 0 Å². The second-order valence-electron chi connectivity index (χ2n) is 7.39. The van der Waals surface area contributed by atoms with E-state index in [0.717, 1.165) is 24.3 Å². The molecule has 0 amide bonds. The molecule has 150 valence electrons. The van der Waals surface area contributed by atoms with E-state index < -0.39 is 0 Å². The number of para-hydroxylation sites is 1. The zero-order chi connectivity index (χ0) is 20.3. The normalized spacial score (nSPS) is 17.3. The zero-order valence-electron chi connectivity index (χ0n) is 16.4. The molecule has 0 bridgehead atoms. The molecule has 0 saturated carbocycles. The molecule has 3 heterocycles. The second kappa shape index (κ2) is 8.26. The van der Waals surface area contributed by atoms with Gasteiger partial charge in [-0.1, -0.05) is 30.3 Å². The first-order chi connectivity index (χ1) is 14.8. The zero-order valence-corrected chi connectivity index (χ0v) is 16.4. The van der Waals surface area contributed by atoms with Crippen molar-refractivity contribution in [2.75, 3.05) is 19.7 Å². The van der Waals surface area contributed by atoms with Crippen LogP contribution in [-0.4, -0.2) is 39.5 Å². The predicted octanol–water partition coefficient (Wildman–Crippen LogP) is 4.40. The van der Waals surface area contributed by atoms with E-state index in [1.807, 2.05) is 24.4 Å². The Bertz CT molecular complexity index is 1180. The quantitative estimate of drug-likeness (QED) is 0.508. The van der Waals surface area contributed by atoms with E-state index in [0.29, 0.717) is 24.4 Å². The first-order valence-corrected chi connectivity index (χ1v) is 10.0. The monoisotopic (exact) mass is 400 g/mol. The Morgan fingerprint density at radius 2 is 1.90 bits per heavy atom. The summed E-state index contributed by atoms with van der Waals surface area (Å²) in [4.78, 5) is 15.8. The first-order valence-electron chi connectivity index (χ1n) is 10.0. The number of benzene rings is 2. The number of morpholine rings is 1. The van der Waals surface area contributed by atoms with E-state index in [-0.39, 0.29) is 11.9 Å². The summed E-state index contributed by atoms with van der Waals surface area (Å²) in [6.07, 6.45) is 4.95. The van der Waals surface area contributed by atoms with Crippen molar-refractivity contribution in [3.05, 3.63) is 90.3 Å². The lowest BCUT2D eigenvalue weighted by Crippen LogP contribution is -2.38. The van der Waals surface area contributed by atoms with Gasteiger partial charge in [-0.15, -0.1) is 0 Å². The molecule has 5 nitrogen and oxygen atoms in total.